The molecule has 2 heterocycles. The molecule has 3 nitrogen and oxygen atoms in total. The molecule has 0 saturated heterocycles. The van der Waals surface area contributed by atoms with E-state index in [2.05, 4.69) is 22.7 Å². The molecule has 0 amide bonds. The summed E-state index contributed by atoms with van der Waals surface area (Å²) < 4.78 is 1.65. The molecule has 13 heavy (non-hydrogen) atoms. The van der Waals surface area contributed by atoms with Gasteiger partial charge >= 0.3 is 0 Å². The minimum Gasteiger partial charge on any atom is -0.231 e. The predicted octanol–water partition coefficient (Wildman–Crippen LogP) is 2.29. The molecule has 0 N–H and O–H groups in total. The number of fused-ring (bicyclic) bond motifs is 1. The van der Waals surface area contributed by atoms with Gasteiger partial charge in [-0.1, -0.05) is 11.6 Å². The van der Waals surface area contributed by atoms with Crippen LogP contribution in [0.2, 0.25) is 5.15 Å². The van der Waals surface area contributed by atoms with Crippen molar-refractivity contribution in [2.75, 3.05) is 0 Å². The molecular weight excluding hydrogens is 206 g/mol. The van der Waals surface area contributed by atoms with Gasteiger partial charge in [-0.3, -0.25) is 0 Å². The van der Waals surface area contributed by atoms with Crippen LogP contribution in [-0.4, -0.2) is 14.6 Å². The van der Waals surface area contributed by atoms with E-state index in [1.165, 1.54) is 0 Å². The molecule has 0 spiro atoms. The van der Waals surface area contributed by atoms with Crippen LogP contribution in [-0.2, 0) is 0 Å². The van der Waals surface area contributed by atoms with Crippen molar-refractivity contribution in [3.05, 3.63) is 22.5 Å². The summed E-state index contributed by atoms with van der Waals surface area (Å²) in [6, 6.07) is 1.79. The van der Waals surface area contributed by atoms with Crippen LogP contribution >= 0.6 is 24.2 Å². The lowest BCUT2D eigenvalue weighted by Crippen LogP contribution is -1.94. The third-order valence-electron chi connectivity index (χ3n) is 1.88. The molecule has 0 radical (unpaired) electrons. The second-order valence-electron chi connectivity index (χ2n) is 2.91. The van der Waals surface area contributed by atoms with Crippen LogP contribution in [0.25, 0.3) is 5.65 Å². The Morgan fingerprint density at radius 1 is 1.46 bits per heavy atom. The minimum atomic E-state index is 0.456. The second kappa shape index (κ2) is 2.89. The van der Waals surface area contributed by atoms with Gasteiger partial charge in [0, 0.05) is 0 Å². The topological polar surface area (TPSA) is 30.2 Å². The van der Waals surface area contributed by atoms with Gasteiger partial charge in [-0.25, -0.2) is 9.50 Å². The number of halogens is 1. The number of rotatable bonds is 0. The van der Waals surface area contributed by atoms with Crippen LogP contribution in [0.1, 0.15) is 11.3 Å². The van der Waals surface area contributed by atoms with E-state index in [4.69, 9.17) is 11.6 Å². The molecule has 68 valence electrons. The fourth-order valence-corrected chi connectivity index (χ4v) is 1.66. The van der Waals surface area contributed by atoms with Gasteiger partial charge in [0.2, 0.25) is 0 Å². The van der Waals surface area contributed by atoms with Crippen molar-refractivity contribution in [2.45, 2.75) is 18.9 Å². The number of hydrogen-bond donors (Lipinski definition) is 1. The minimum absolute atomic E-state index is 0.456. The molecule has 0 fully saturated rings. The number of aromatic nitrogens is 3. The fourth-order valence-electron chi connectivity index (χ4n) is 1.23. The van der Waals surface area contributed by atoms with Gasteiger partial charge < -0.3 is 0 Å². The molecule has 5 heteroatoms. The van der Waals surface area contributed by atoms with Crippen LogP contribution in [0.4, 0.5) is 0 Å². The van der Waals surface area contributed by atoms with Gasteiger partial charge in [-0.15, -0.1) is 12.6 Å². The quantitative estimate of drug-likeness (QED) is 0.681. The molecule has 0 saturated carbocycles. The van der Waals surface area contributed by atoms with Crippen molar-refractivity contribution in [3.63, 3.8) is 0 Å². The predicted molar refractivity (Wildman–Crippen MR) is 54.7 cm³/mol. The zero-order valence-electron chi connectivity index (χ0n) is 7.24. The molecule has 0 unspecified atom stereocenters. The average Bonchev–Trinajstić information content (AvgIpc) is 2.32. The fraction of sp³-hybridized carbons (Fsp3) is 0.250. The lowest BCUT2D eigenvalue weighted by Gasteiger charge is -1.98. The first kappa shape index (κ1) is 8.84. The number of imidazole rings is 1. The molecule has 0 aliphatic rings. The van der Waals surface area contributed by atoms with E-state index in [9.17, 15) is 0 Å². The summed E-state index contributed by atoms with van der Waals surface area (Å²) in [6.45, 7) is 3.84. The van der Waals surface area contributed by atoms with Gasteiger partial charge in [-0.05, 0) is 25.5 Å². The number of thiol groups is 1. The largest absolute Gasteiger partial charge is 0.231 e. The van der Waals surface area contributed by atoms with Crippen molar-refractivity contribution in [1.82, 2.24) is 14.6 Å². The van der Waals surface area contributed by atoms with Crippen LogP contribution in [0, 0.1) is 13.8 Å². The SMILES string of the molecule is Cc1nc2c(C)cc(Cl)nn2c1S. The highest BCUT2D eigenvalue weighted by Gasteiger charge is 2.08. The van der Waals surface area contributed by atoms with Crippen molar-refractivity contribution in [1.29, 1.82) is 0 Å². The summed E-state index contributed by atoms with van der Waals surface area (Å²) in [5.74, 6) is 0. The van der Waals surface area contributed by atoms with Gasteiger partial charge in [0.15, 0.2) is 5.65 Å². The Bertz CT molecular complexity index is 478. The summed E-state index contributed by atoms with van der Waals surface area (Å²) in [5.41, 5.74) is 2.68. The summed E-state index contributed by atoms with van der Waals surface area (Å²) in [6.07, 6.45) is 0. The Morgan fingerprint density at radius 3 is 2.85 bits per heavy atom. The second-order valence-corrected chi connectivity index (χ2v) is 3.72. The van der Waals surface area contributed by atoms with E-state index in [1.54, 1.807) is 10.6 Å². The first-order chi connectivity index (χ1) is 6.09. The Labute approximate surface area is 86.1 Å². The molecule has 0 aliphatic carbocycles. The van der Waals surface area contributed by atoms with Gasteiger partial charge in [0.1, 0.15) is 10.2 Å². The maximum Gasteiger partial charge on any atom is 0.158 e. The van der Waals surface area contributed by atoms with Crippen molar-refractivity contribution < 1.29 is 0 Å². The highest BCUT2D eigenvalue weighted by Crippen LogP contribution is 2.19. The van der Waals surface area contributed by atoms with E-state index < -0.39 is 0 Å². The number of aryl methyl sites for hydroxylation is 2. The molecule has 0 aromatic carbocycles. The standard InChI is InChI=1S/C8H8ClN3S/c1-4-3-6(9)11-12-7(4)10-5(2)8(12)13/h3,13H,1-2H3. The van der Waals surface area contributed by atoms with Gasteiger partial charge in [0.25, 0.3) is 0 Å². The van der Waals surface area contributed by atoms with Crippen molar-refractivity contribution in [3.8, 4) is 0 Å². The first-order valence-corrected chi connectivity index (χ1v) is 4.63. The van der Waals surface area contributed by atoms with Gasteiger partial charge in [0.05, 0.1) is 5.69 Å². The molecule has 0 atom stereocenters. The van der Waals surface area contributed by atoms with E-state index in [0.29, 0.717) is 5.15 Å². The molecule has 0 bridgehead atoms. The van der Waals surface area contributed by atoms with Crippen LogP contribution in [0.15, 0.2) is 11.1 Å². The maximum atomic E-state index is 5.81. The molecular formula is C8H8ClN3S. The third-order valence-corrected chi connectivity index (χ3v) is 2.58. The normalized spacial score (nSPS) is 11.1. The third kappa shape index (κ3) is 1.30. The molecule has 0 aliphatic heterocycles. The summed E-state index contributed by atoms with van der Waals surface area (Å²) in [7, 11) is 0. The highest BCUT2D eigenvalue weighted by molar-refractivity contribution is 7.80. The van der Waals surface area contributed by atoms with Crippen molar-refractivity contribution >= 4 is 29.9 Å². The summed E-state index contributed by atoms with van der Waals surface area (Å²) in [5, 5.41) is 5.29. The smallest absolute Gasteiger partial charge is 0.158 e. The van der Waals surface area contributed by atoms with Crippen LogP contribution < -0.4 is 0 Å². The number of hydrogen-bond acceptors (Lipinski definition) is 3. The Hall–Kier alpha value is -0.740. The Morgan fingerprint density at radius 2 is 2.15 bits per heavy atom. The van der Waals surface area contributed by atoms with E-state index in [0.717, 1.165) is 21.9 Å². The zero-order valence-corrected chi connectivity index (χ0v) is 8.89. The van der Waals surface area contributed by atoms with E-state index in [-0.39, 0.29) is 0 Å². The average molecular weight is 214 g/mol. The van der Waals surface area contributed by atoms with Crippen LogP contribution in [0.5, 0.6) is 0 Å². The number of nitrogens with zero attached hydrogens (tertiary/aromatic N) is 3. The summed E-state index contributed by atoms with van der Waals surface area (Å²) >= 11 is 10.1. The lowest BCUT2D eigenvalue weighted by atomic mass is 10.3. The zero-order chi connectivity index (χ0) is 9.59. The van der Waals surface area contributed by atoms with Gasteiger partial charge in [-0.2, -0.15) is 5.10 Å². The Balaban J connectivity index is 2.94. The summed E-state index contributed by atoms with van der Waals surface area (Å²) in [4.78, 5) is 4.32. The van der Waals surface area contributed by atoms with Crippen molar-refractivity contribution in [2.24, 2.45) is 0 Å². The molecule has 2 aromatic rings. The lowest BCUT2D eigenvalue weighted by molar-refractivity contribution is 0.846. The molecule has 2 rings (SSSR count). The van der Waals surface area contributed by atoms with E-state index in [1.807, 2.05) is 13.8 Å². The maximum absolute atomic E-state index is 5.81. The Kier molecular flexibility index (Phi) is 1.96. The van der Waals surface area contributed by atoms with Crippen LogP contribution in [0.3, 0.4) is 0 Å². The first-order valence-electron chi connectivity index (χ1n) is 3.81. The van der Waals surface area contributed by atoms with E-state index >= 15 is 0 Å². The monoisotopic (exact) mass is 213 g/mol. The highest BCUT2D eigenvalue weighted by atomic mass is 35.5. The molecule has 2 aromatic heterocycles.